The van der Waals surface area contributed by atoms with Crippen molar-refractivity contribution in [1.29, 1.82) is 0 Å². The Morgan fingerprint density at radius 1 is 0.733 bits per heavy atom. The number of fused-ring (bicyclic) bond motifs is 3. The molecule has 0 unspecified atom stereocenters. The van der Waals surface area contributed by atoms with E-state index in [2.05, 4.69) is 156 Å². The van der Waals surface area contributed by atoms with Gasteiger partial charge >= 0.3 is 70.3 Å². The van der Waals surface area contributed by atoms with Crippen LogP contribution >= 0.6 is 0 Å². The summed E-state index contributed by atoms with van der Waals surface area (Å²) in [7, 11) is 0. The fourth-order valence-electron chi connectivity index (χ4n) is 5.53. The second-order valence-electron chi connectivity index (χ2n) is 15.1. The molecule has 5 rings (SSSR count). The van der Waals surface area contributed by atoms with Gasteiger partial charge in [-0.15, -0.1) is 11.1 Å². The van der Waals surface area contributed by atoms with Crippen LogP contribution in [0.2, 0.25) is 0 Å². The van der Waals surface area contributed by atoms with Gasteiger partial charge in [-0.1, -0.05) is 118 Å². The van der Waals surface area contributed by atoms with Crippen LogP contribution in [0, 0.1) is 6.07 Å². The Morgan fingerprint density at radius 3 is 1.78 bits per heavy atom. The normalized spacial score (nSPS) is 11.9. The molecule has 0 fully saturated rings. The summed E-state index contributed by atoms with van der Waals surface area (Å²) in [5.74, 6) is 0. The monoisotopic (exact) mass is 718 g/mol. The van der Waals surface area contributed by atoms with Crippen LogP contribution in [0.1, 0.15) is 128 Å². The smallest absolute Gasteiger partial charge is 1.00 e. The Bertz CT molecular complexity index is 1460. The average Bonchev–Trinajstić information content (AvgIpc) is 3.54. The zero-order valence-electron chi connectivity index (χ0n) is 29.8. The number of benzene rings is 3. The predicted octanol–water partition coefficient (Wildman–Crippen LogP) is 5.26. The summed E-state index contributed by atoms with van der Waals surface area (Å²) < 4.78 is 1.46. The Labute approximate surface area is 303 Å². The van der Waals surface area contributed by atoms with E-state index in [1.807, 2.05) is 6.07 Å². The molecule has 0 nitrogen and oxygen atoms in total. The van der Waals surface area contributed by atoms with Crippen molar-refractivity contribution in [3.05, 3.63) is 123 Å². The molecule has 1 aliphatic rings. The van der Waals surface area contributed by atoms with E-state index >= 15 is 0 Å². The molecule has 0 radical (unpaired) electrons. The topological polar surface area (TPSA) is 0 Å². The predicted molar refractivity (Wildman–Crippen MR) is 187 cm³/mol. The first-order valence-electron chi connectivity index (χ1n) is 16.0. The number of aryl methyl sites for hydroxylation is 2. The van der Waals surface area contributed by atoms with Gasteiger partial charge in [0.15, 0.2) is 0 Å². The SMILES string of the molecule is CC(C)(C)c1[c-]c2c(cc1)-c1ccc(C(C)(C)C)cc1C2.CCc1cc(C(C)(C)C)c(CC)[cH-]1.C[C](=[Zr+2])c1ccccc1.[Cl-].[Cl-]. The third-order valence-corrected chi connectivity index (χ3v) is 9.01. The van der Waals surface area contributed by atoms with Crippen LogP contribution in [0.4, 0.5) is 0 Å². The fourth-order valence-corrected chi connectivity index (χ4v) is 5.94. The summed E-state index contributed by atoms with van der Waals surface area (Å²) >= 11 is 1.51. The molecule has 0 heterocycles. The molecule has 242 valence electrons. The van der Waals surface area contributed by atoms with Gasteiger partial charge in [0, 0.05) is 0 Å². The summed E-state index contributed by atoms with van der Waals surface area (Å²) in [4.78, 5) is 0. The Balaban J connectivity index is 0.000000363. The Hall–Kier alpha value is -1.66. The summed E-state index contributed by atoms with van der Waals surface area (Å²) in [5.41, 5.74) is 14.9. The van der Waals surface area contributed by atoms with Crippen LogP contribution in [0.15, 0.2) is 72.8 Å². The van der Waals surface area contributed by atoms with Gasteiger partial charge in [0.05, 0.1) is 0 Å². The molecule has 4 aromatic rings. The zero-order chi connectivity index (χ0) is 32.2. The molecule has 1 aliphatic carbocycles. The largest absolute Gasteiger partial charge is 1.00 e. The zero-order valence-corrected chi connectivity index (χ0v) is 33.8. The first kappa shape index (κ1) is 41.4. The van der Waals surface area contributed by atoms with E-state index in [4.69, 9.17) is 0 Å². The van der Waals surface area contributed by atoms with Crippen molar-refractivity contribution in [3.8, 4) is 11.1 Å². The number of hydrogen-bond donors (Lipinski definition) is 0. The second-order valence-corrected chi connectivity index (χ2v) is 16.9. The minimum Gasteiger partial charge on any atom is -1.00 e. The molecule has 0 aromatic heterocycles. The molecule has 4 aromatic carbocycles. The maximum absolute atomic E-state index is 3.67. The van der Waals surface area contributed by atoms with E-state index in [-0.39, 0.29) is 35.6 Å². The molecule has 0 saturated heterocycles. The summed E-state index contributed by atoms with van der Waals surface area (Å²) in [6.45, 7) is 27.1. The van der Waals surface area contributed by atoms with Gasteiger partial charge in [-0.3, -0.25) is 0 Å². The molecule has 0 aliphatic heterocycles. The van der Waals surface area contributed by atoms with Crippen LogP contribution in [-0.4, -0.2) is 3.21 Å². The van der Waals surface area contributed by atoms with Crippen LogP contribution in [0.5, 0.6) is 0 Å². The van der Waals surface area contributed by atoms with Crippen LogP contribution in [0.3, 0.4) is 0 Å². The minimum absolute atomic E-state index is 0. The van der Waals surface area contributed by atoms with Crippen LogP contribution in [-0.2, 0) is 59.7 Å². The van der Waals surface area contributed by atoms with Crippen molar-refractivity contribution in [2.75, 3.05) is 0 Å². The van der Waals surface area contributed by atoms with Crippen molar-refractivity contribution in [2.24, 2.45) is 0 Å². The molecular weight excluding hydrogens is 667 g/mol. The van der Waals surface area contributed by atoms with Crippen molar-refractivity contribution in [3.63, 3.8) is 0 Å². The average molecular weight is 721 g/mol. The molecule has 0 saturated carbocycles. The van der Waals surface area contributed by atoms with E-state index in [9.17, 15) is 0 Å². The molecule has 45 heavy (non-hydrogen) atoms. The van der Waals surface area contributed by atoms with Crippen molar-refractivity contribution in [1.82, 2.24) is 0 Å². The van der Waals surface area contributed by atoms with Gasteiger partial charge in [-0.05, 0) is 28.4 Å². The van der Waals surface area contributed by atoms with Crippen molar-refractivity contribution < 1.29 is 49.0 Å². The third kappa shape index (κ3) is 11.2. The van der Waals surface area contributed by atoms with Gasteiger partial charge in [0.1, 0.15) is 0 Å². The van der Waals surface area contributed by atoms with Gasteiger partial charge in [-0.25, -0.2) is 6.07 Å². The van der Waals surface area contributed by atoms with E-state index < -0.39 is 0 Å². The number of halogens is 2. The quantitative estimate of drug-likeness (QED) is 0.223. The number of hydrogen-bond acceptors (Lipinski definition) is 0. The number of rotatable bonds is 3. The molecule has 0 bridgehead atoms. The summed E-state index contributed by atoms with van der Waals surface area (Å²) in [5, 5.41) is 0. The van der Waals surface area contributed by atoms with E-state index in [1.165, 1.54) is 83.1 Å². The summed E-state index contributed by atoms with van der Waals surface area (Å²) in [6, 6.07) is 30.4. The minimum atomic E-state index is 0. The maximum atomic E-state index is 3.67. The Morgan fingerprint density at radius 2 is 1.33 bits per heavy atom. The maximum Gasteiger partial charge on any atom is -1.00 e. The third-order valence-electron chi connectivity index (χ3n) is 8.30. The van der Waals surface area contributed by atoms with E-state index in [0.29, 0.717) is 5.41 Å². The van der Waals surface area contributed by atoms with Gasteiger partial charge in [-0.2, -0.15) is 46.5 Å². The molecular formula is C42H54Cl2Zr-2. The van der Waals surface area contributed by atoms with Crippen LogP contribution in [0.25, 0.3) is 11.1 Å². The first-order valence-corrected chi connectivity index (χ1v) is 17.3. The van der Waals surface area contributed by atoms with Gasteiger partial charge in [0.25, 0.3) is 0 Å². The van der Waals surface area contributed by atoms with Crippen molar-refractivity contribution in [2.45, 2.75) is 119 Å². The molecule has 0 N–H and O–H groups in total. The van der Waals surface area contributed by atoms with Crippen LogP contribution < -0.4 is 24.8 Å². The van der Waals surface area contributed by atoms with Gasteiger partial charge in [0.2, 0.25) is 0 Å². The van der Waals surface area contributed by atoms with E-state index in [1.54, 1.807) is 0 Å². The van der Waals surface area contributed by atoms with Gasteiger partial charge < -0.3 is 24.8 Å². The second kappa shape index (κ2) is 17.0. The first-order chi connectivity index (χ1) is 20.0. The fraction of sp³-hybridized carbons (Fsp3) is 0.429. The standard InChI is InChI=1S/C21H25.C13H21.C8H8.2ClH.Zr/c1-20(2,3)16-7-9-18-14(12-16)11-15-13-17(21(4,5)6)8-10-19(15)18;1-6-10-8-11(7-2)12(9-10)13(3,4)5;1-2-8-6-4-3-5-7-8;;;/h7-10,12H,11H2,1-6H3;8-9H,6-7H2,1-5H3;3-7H,1H3;2*1H;/q2*-1;;;;+2/p-2. The Kier molecular flexibility index (Phi) is 15.6. The van der Waals surface area contributed by atoms with E-state index in [0.717, 1.165) is 19.3 Å². The van der Waals surface area contributed by atoms with Crippen molar-refractivity contribution >= 4 is 3.21 Å². The molecule has 0 atom stereocenters. The molecule has 0 spiro atoms. The molecule has 3 heteroatoms. The summed E-state index contributed by atoms with van der Waals surface area (Å²) in [6.07, 6.45) is 3.34. The molecule has 0 amide bonds.